The lowest BCUT2D eigenvalue weighted by atomic mass is 9.97. The molecular formula is C20H12Cl2F4O3. The second kappa shape index (κ2) is 8.08. The predicted octanol–water partition coefficient (Wildman–Crippen LogP) is 6.79. The number of halogens is 6. The van der Waals surface area contributed by atoms with Crippen LogP contribution in [0.3, 0.4) is 0 Å². The van der Waals surface area contributed by atoms with E-state index in [2.05, 4.69) is 4.74 Å². The van der Waals surface area contributed by atoms with E-state index in [0.717, 1.165) is 19.2 Å². The van der Waals surface area contributed by atoms with Crippen LogP contribution in [0.25, 0.3) is 11.1 Å². The lowest BCUT2D eigenvalue weighted by Crippen LogP contribution is -2.12. The zero-order chi connectivity index (χ0) is 21.3. The summed E-state index contributed by atoms with van der Waals surface area (Å²) in [6, 6.07) is 9.29. The molecule has 2 aromatic carbocycles. The molecule has 1 heterocycles. The Morgan fingerprint density at radius 1 is 1.10 bits per heavy atom. The van der Waals surface area contributed by atoms with Gasteiger partial charge in [-0.15, -0.1) is 0 Å². The van der Waals surface area contributed by atoms with Crippen LogP contribution >= 0.6 is 23.2 Å². The van der Waals surface area contributed by atoms with Crippen molar-refractivity contribution in [2.75, 3.05) is 7.11 Å². The largest absolute Gasteiger partial charge is 0.465 e. The summed E-state index contributed by atoms with van der Waals surface area (Å²) in [4.78, 5) is 12.2. The Hall–Kier alpha value is -2.51. The number of hydrogen-bond acceptors (Lipinski definition) is 3. The maximum Gasteiger partial charge on any atom is 0.450 e. The van der Waals surface area contributed by atoms with Crippen molar-refractivity contribution in [3.8, 4) is 11.1 Å². The minimum Gasteiger partial charge on any atom is -0.465 e. The molecule has 0 saturated carbocycles. The van der Waals surface area contributed by atoms with E-state index < -0.39 is 29.3 Å². The molecule has 0 amide bonds. The van der Waals surface area contributed by atoms with Gasteiger partial charge >= 0.3 is 12.1 Å². The third-order valence-corrected chi connectivity index (χ3v) is 5.00. The van der Waals surface area contributed by atoms with Gasteiger partial charge in [0.15, 0.2) is 0 Å². The summed E-state index contributed by atoms with van der Waals surface area (Å²) in [6.45, 7) is 0. The van der Waals surface area contributed by atoms with Gasteiger partial charge in [0.05, 0.1) is 17.2 Å². The van der Waals surface area contributed by atoms with Crippen LogP contribution in [0.4, 0.5) is 17.6 Å². The summed E-state index contributed by atoms with van der Waals surface area (Å²) in [7, 11) is 0.956. The summed E-state index contributed by atoms with van der Waals surface area (Å²) in [5.41, 5.74) is -0.402. The van der Waals surface area contributed by atoms with E-state index in [0.29, 0.717) is 5.56 Å². The molecule has 0 aliphatic heterocycles. The number of carbonyl (C=O) groups excluding carboxylic acids is 1. The van der Waals surface area contributed by atoms with Crippen LogP contribution in [0, 0.1) is 5.82 Å². The first kappa shape index (κ1) is 21.2. The summed E-state index contributed by atoms with van der Waals surface area (Å²) < 4.78 is 63.8. The number of esters is 1. The van der Waals surface area contributed by atoms with Crippen molar-refractivity contribution in [1.82, 2.24) is 0 Å². The van der Waals surface area contributed by atoms with Crippen molar-refractivity contribution < 1.29 is 31.5 Å². The molecule has 0 aliphatic carbocycles. The standard InChI is InChI=1S/C20H12Cl2F4O3/c1-28-19(27)16-15(10-5-7-12(23)8-6-10)14(29-18(16)20(24,25)26)9-11-3-2-4-13(21)17(11)22/h2-8H,9H2,1H3. The number of methoxy groups -OCH3 is 1. The highest BCUT2D eigenvalue weighted by molar-refractivity contribution is 6.42. The number of carbonyl (C=O) groups is 1. The molecule has 3 aromatic rings. The SMILES string of the molecule is COC(=O)c1c(C(F)(F)F)oc(Cc2cccc(Cl)c2Cl)c1-c1ccc(F)cc1. The number of rotatable bonds is 4. The fourth-order valence-corrected chi connectivity index (χ4v) is 3.27. The summed E-state index contributed by atoms with van der Waals surface area (Å²) in [5, 5.41) is 0.354. The van der Waals surface area contributed by atoms with Gasteiger partial charge in [0, 0.05) is 12.0 Å². The van der Waals surface area contributed by atoms with Crippen molar-refractivity contribution >= 4 is 29.2 Å². The third kappa shape index (κ3) is 4.26. The zero-order valence-electron chi connectivity index (χ0n) is 14.7. The van der Waals surface area contributed by atoms with Gasteiger partial charge in [-0.2, -0.15) is 13.2 Å². The van der Waals surface area contributed by atoms with Crippen molar-refractivity contribution in [3.05, 3.63) is 81.0 Å². The van der Waals surface area contributed by atoms with Crippen LogP contribution in [0.5, 0.6) is 0 Å². The van der Waals surface area contributed by atoms with Gasteiger partial charge in [0.1, 0.15) is 17.1 Å². The molecule has 0 atom stereocenters. The highest BCUT2D eigenvalue weighted by Crippen LogP contribution is 2.43. The quantitative estimate of drug-likeness (QED) is 0.327. The van der Waals surface area contributed by atoms with Gasteiger partial charge in [-0.25, -0.2) is 9.18 Å². The number of benzene rings is 2. The minimum absolute atomic E-state index is 0.142. The molecule has 9 heteroatoms. The van der Waals surface area contributed by atoms with E-state index >= 15 is 0 Å². The highest BCUT2D eigenvalue weighted by Gasteiger charge is 2.43. The van der Waals surface area contributed by atoms with Gasteiger partial charge in [-0.05, 0) is 29.3 Å². The highest BCUT2D eigenvalue weighted by atomic mass is 35.5. The molecule has 0 spiro atoms. The fraction of sp³-hybridized carbons (Fsp3) is 0.150. The summed E-state index contributed by atoms with van der Waals surface area (Å²) >= 11 is 12.1. The Labute approximate surface area is 172 Å². The molecular weight excluding hydrogens is 435 g/mol. The van der Waals surface area contributed by atoms with Gasteiger partial charge in [0.2, 0.25) is 5.76 Å². The van der Waals surface area contributed by atoms with E-state index in [1.54, 1.807) is 12.1 Å². The van der Waals surface area contributed by atoms with Gasteiger partial charge < -0.3 is 9.15 Å². The molecule has 3 rings (SSSR count). The second-order valence-corrected chi connectivity index (χ2v) is 6.78. The van der Waals surface area contributed by atoms with Crippen LogP contribution in [-0.2, 0) is 17.3 Å². The van der Waals surface area contributed by atoms with Crippen molar-refractivity contribution in [1.29, 1.82) is 0 Å². The Balaban J connectivity index is 2.29. The Kier molecular flexibility index (Phi) is 5.91. The molecule has 0 saturated heterocycles. The first-order chi connectivity index (χ1) is 13.6. The molecule has 1 aromatic heterocycles. The normalized spacial score (nSPS) is 11.6. The second-order valence-electron chi connectivity index (χ2n) is 5.99. The van der Waals surface area contributed by atoms with Gasteiger partial charge in [-0.1, -0.05) is 47.5 Å². The smallest absolute Gasteiger partial charge is 0.450 e. The first-order valence-corrected chi connectivity index (χ1v) is 8.89. The molecule has 0 unspecified atom stereocenters. The Morgan fingerprint density at radius 2 is 1.76 bits per heavy atom. The number of ether oxygens (including phenoxy) is 1. The molecule has 0 N–H and O–H groups in total. The van der Waals surface area contributed by atoms with E-state index in [9.17, 15) is 22.4 Å². The van der Waals surface area contributed by atoms with Crippen LogP contribution < -0.4 is 0 Å². The lowest BCUT2D eigenvalue weighted by Gasteiger charge is -2.08. The van der Waals surface area contributed by atoms with Gasteiger partial charge in [0.25, 0.3) is 0 Å². The van der Waals surface area contributed by atoms with Gasteiger partial charge in [-0.3, -0.25) is 0 Å². The number of alkyl halides is 3. The topological polar surface area (TPSA) is 39.4 Å². The van der Waals surface area contributed by atoms with Crippen molar-refractivity contribution in [2.45, 2.75) is 12.6 Å². The van der Waals surface area contributed by atoms with Crippen LogP contribution in [-0.4, -0.2) is 13.1 Å². The van der Waals surface area contributed by atoms with Crippen LogP contribution in [0.1, 0.15) is 27.4 Å². The van der Waals surface area contributed by atoms with Crippen LogP contribution in [0.15, 0.2) is 46.9 Å². The van der Waals surface area contributed by atoms with E-state index in [1.807, 2.05) is 0 Å². The average Bonchev–Trinajstić information content (AvgIpc) is 3.05. The Morgan fingerprint density at radius 3 is 2.34 bits per heavy atom. The lowest BCUT2D eigenvalue weighted by molar-refractivity contribution is -0.153. The molecule has 0 radical (unpaired) electrons. The van der Waals surface area contributed by atoms with Crippen molar-refractivity contribution in [2.24, 2.45) is 0 Å². The maximum atomic E-state index is 13.6. The maximum absolute atomic E-state index is 13.6. The number of furan rings is 1. The molecule has 152 valence electrons. The number of hydrogen-bond donors (Lipinski definition) is 0. The molecule has 29 heavy (non-hydrogen) atoms. The monoisotopic (exact) mass is 446 g/mol. The van der Waals surface area contributed by atoms with E-state index in [1.165, 1.54) is 18.2 Å². The molecule has 0 bridgehead atoms. The Bertz CT molecular complexity index is 1060. The molecule has 3 nitrogen and oxygen atoms in total. The summed E-state index contributed by atoms with van der Waals surface area (Å²) in [6.07, 6.45) is -5.15. The third-order valence-electron chi connectivity index (χ3n) is 4.14. The summed E-state index contributed by atoms with van der Waals surface area (Å²) in [5.74, 6) is -3.51. The van der Waals surface area contributed by atoms with Crippen molar-refractivity contribution in [3.63, 3.8) is 0 Å². The molecule has 0 fully saturated rings. The minimum atomic E-state index is -4.96. The fourth-order valence-electron chi connectivity index (χ4n) is 2.88. The van der Waals surface area contributed by atoms with E-state index in [4.69, 9.17) is 27.6 Å². The predicted molar refractivity (Wildman–Crippen MR) is 99.7 cm³/mol. The van der Waals surface area contributed by atoms with E-state index in [-0.39, 0.29) is 33.4 Å². The van der Waals surface area contributed by atoms with Crippen LogP contribution in [0.2, 0.25) is 10.0 Å². The first-order valence-electron chi connectivity index (χ1n) is 8.13. The molecule has 0 aliphatic rings. The zero-order valence-corrected chi connectivity index (χ0v) is 16.3. The average molecular weight is 447 g/mol.